The van der Waals surface area contributed by atoms with Crippen molar-refractivity contribution in [2.45, 2.75) is 57.1 Å². The van der Waals surface area contributed by atoms with Crippen molar-refractivity contribution in [3.63, 3.8) is 0 Å². The standard InChI is InChI=1S/C15H21BO2/c1-14(2)15(3,4)18-16(17-14)13-10-12(13)11-8-6-5-7-9-11/h5-9,12-13H,10H2,1-4H3/t12-,13-/m0/s1. The summed E-state index contributed by atoms with van der Waals surface area (Å²) in [5.74, 6) is 1.13. The molecule has 1 heterocycles. The highest BCUT2D eigenvalue weighted by atomic mass is 16.7. The van der Waals surface area contributed by atoms with Crippen molar-refractivity contribution in [2.75, 3.05) is 0 Å². The zero-order valence-corrected chi connectivity index (χ0v) is 11.6. The molecule has 2 fully saturated rings. The Morgan fingerprint density at radius 1 is 1.00 bits per heavy atom. The first kappa shape index (κ1) is 12.2. The Kier molecular flexibility index (Phi) is 2.62. The first-order valence-electron chi connectivity index (χ1n) is 6.81. The fourth-order valence-corrected chi connectivity index (χ4v) is 2.66. The lowest BCUT2D eigenvalue weighted by Crippen LogP contribution is -2.41. The third-order valence-corrected chi connectivity index (χ3v) is 4.69. The minimum atomic E-state index is -0.207. The second kappa shape index (κ2) is 3.85. The van der Waals surface area contributed by atoms with Gasteiger partial charge in [-0.1, -0.05) is 30.3 Å². The van der Waals surface area contributed by atoms with E-state index in [0.717, 1.165) is 0 Å². The molecule has 0 unspecified atom stereocenters. The van der Waals surface area contributed by atoms with Gasteiger partial charge in [0.1, 0.15) is 0 Å². The number of hydrogen-bond acceptors (Lipinski definition) is 2. The highest BCUT2D eigenvalue weighted by molar-refractivity contribution is 6.49. The van der Waals surface area contributed by atoms with Crippen LogP contribution in [0.3, 0.4) is 0 Å². The summed E-state index contributed by atoms with van der Waals surface area (Å²) in [4.78, 5) is 0. The summed E-state index contributed by atoms with van der Waals surface area (Å²) in [6.45, 7) is 8.47. The van der Waals surface area contributed by atoms with Crippen LogP contribution in [0.15, 0.2) is 30.3 Å². The molecule has 1 aromatic rings. The van der Waals surface area contributed by atoms with Gasteiger partial charge in [0.05, 0.1) is 11.2 Å². The summed E-state index contributed by atoms with van der Waals surface area (Å²) >= 11 is 0. The molecule has 2 aliphatic rings. The maximum absolute atomic E-state index is 6.12. The first-order chi connectivity index (χ1) is 8.41. The van der Waals surface area contributed by atoms with Gasteiger partial charge in [0, 0.05) is 5.82 Å². The Labute approximate surface area is 110 Å². The van der Waals surface area contributed by atoms with E-state index in [1.54, 1.807) is 0 Å². The first-order valence-corrected chi connectivity index (χ1v) is 6.81. The van der Waals surface area contributed by atoms with Crippen LogP contribution in [0.4, 0.5) is 0 Å². The van der Waals surface area contributed by atoms with Gasteiger partial charge in [-0.3, -0.25) is 0 Å². The van der Waals surface area contributed by atoms with Gasteiger partial charge in [0.25, 0.3) is 0 Å². The molecule has 1 saturated carbocycles. The van der Waals surface area contributed by atoms with Crippen LogP contribution in [0.5, 0.6) is 0 Å². The van der Waals surface area contributed by atoms with Crippen LogP contribution in [0.2, 0.25) is 5.82 Å². The van der Waals surface area contributed by atoms with Crippen molar-refractivity contribution in [3.8, 4) is 0 Å². The van der Waals surface area contributed by atoms with Crippen LogP contribution in [-0.4, -0.2) is 18.3 Å². The van der Waals surface area contributed by atoms with Crippen LogP contribution in [-0.2, 0) is 9.31 Å². The summed E-state index contributed by atoms with van der Waals surface area (Å²) in [7, 11) is -0.0415. The highest BCUT2D eigenvalue weighted by Crippen LogP contribution is 2.58. The van der Waals surface area contributed by atoms with Gasteiger partial charge in [-0.15, -0.1) is 0 Å². The summed E-state index contributed by atoms with van der Waals surface area (Å²) < 4.78 is 12.2. The third-order valence-electron chi connectivity index (χ3n) is 4.69. The van der Waals surface area contributed by atoms with Crippen LogP contribution in [0.1, 0.15) is 45.6 Å². The molecule has 0 spiro atoms. The van der Waals surface area contributed by atoms with Crippen LogP contribution < -0.4 is 0 Å². The SMILES string of the molecule is CC1(C)OB([C@H]2C[C@H]2c2ccccc2)OC1(C)C. The monoisotopic (exact) mass is 244 g/mol. The summed E-state index contributed by atoms with van der Waals surface area (Å²) in [6, 6.07) is 10.7. The minimum absolute atomic E-state index is 0.0415. The lowest BCUT2D eigenvalue weighted by molar-refractivity contribution is 0.00578. The molecule has 0 bridgehead atoms. The van der Waals surface area contributed by atoms with E-state index in [9.17, 15) is 0 Å². The minimum Gasteiger partial charge on any atom is -0.403 e. The molecule has 18 heavy (non-hydrogen) atoms. The maximum Gasteiger partial charge on any atom is 0.461 e. The van der Waals surface area contributed by atoms with E-state index in [0.29, 0.717) is 11.7 Å². The zero-order valence-electron chi connectivity index (χ0n) is 11.6. The summed E-state index contributed by atoms with van der Waals surface area (Å²) in [5, 5.41) is 0. The van der Waals surface area contributed by atoms with E-state index in [1.807, 2.05) is 0 Å². The molecule has 2 atom stereocenters. The molecule has 0 aromatic heterocycles. The molecule has 1 aliphatic carbocycles. The molecule has 2 nitrogen and oxygen atoms in total. The van der Waals surface area contributed by atoms with Crippen molar-refractivity contribution >= 4 is 7.12 Å². The lowest BCUT2D eigenvalue weighted by atomic mass is 9.79. The predicted molar refractivity (Wildman–Crippen MR) is 73.6 cm³/mol. The molecule has 3 heteroatoms. The second-order valence-electron chi connectivity index (χ2n) is 6.54. The molecule has 0 N–H and O–H groups in total. The molecular formula is C15H21BO2. The molecule has 1 aromatic carbocycles. The van der Waals surface area contributed by atoms with Gasteiger partial charge >= 0.3 is 7.12 Å². The maximum atomic E-state index is 6.12. The fourth-order valence-electron chi connectivity index (χ4n) is 2.66. The van der Waals surface area contributed by atoms with Crippen molar-refractivity contribution < 1.29 is 9.31 Å². The number of rotatable bonds is 2. The third kappa shape index (κ3) is 1.90. The quantitative estimate of drug-likeness (QED) is 0.739. The fraction of sp³-hybridized carbons (Fsp3) is 0.600. The van der Waals surface area contributed by atoms with Crippen molar-refractivity contribution in [2.24, 2.45) is 0 Å². The topological polar surface area (TPSA) is 18.5 Å². The van der Waals surface area contributed by atoms with E-state index in [4.69, 9.17) is 9.31 Å². The van der Waals surface area contributed by atoms with Gasteiger partial charge in [0.15, 0.2) is 0 Å². The van der Waals surface area contributed by atoms with Crippen LogP contribution in [0.25, 0.3) is 0 Å². The van der Waals surface area contributed by atoms with E-state index in [-0.39, 0.29) is 18.3 Å². The highest BCUT2D eigenvalue weighted by Gasteiger charge is 2.59. The lowest BCUT2D eigenvalue weighted by Gasteiger charge is -2.32. The van der Waals surface area contributed by atoms with Crippen LogP contribution in [0, 0.1) is 0 Å². The zero-order chi connectivity index (χ0) is 13.0. The van der Waals surface area contributed by atoms with E-state index >= 15 is 0 Å². The van der Waals surface area contributed by atoms with Crippen molar-refractivity contribution in [1.82, 2.24) is 0 Å². The molecule has 0 radical (unpaired) electrons. The Balaban J connectivity index is 1.70. The molecule has 1 aliphatic heterocycles. The smallest absolute Gasteiger partial charge is 0.403 e. The van der Waals surface area contributed by atoms with Crippen molar-refractivity contribution in [1.29, 1.82) is 0 Å². The summed E-state index contributed by atoms with van der Waals surface area (Å²) in [6.07, 6.45) is 1.18. The molecule has 96 valence electrons. The van der Waals surface area contributed by atoms with Gasteiger partial charge in [-0.05, 0) is 45.6 Å². The Bertz CT molecular complexity index is 425. The Morgan fingerprint density at radius 2 is 1.56 bits per heavy atom. The molecular weight excluding hydrogens is 223 g/mol. The Morgan fingerprint density at radius 3 is 2.11 bits per heavy atom. The van der Waals surface area contributed by atoms with Crippen molar-refractivity contribution in [3.05, 3.63) is 35.9 Å². The second-order valence-corrected chi connectivity index (χ2v) is 6.54. The van der Waals surface area contributed by atoms with E-state index < -0.39 is 0 Å². The normalized spacial score (nSPS) is 32.6. The number of hydrogen-bond donors (Lipinski definition) is 0. The molecule has 1 saturated heterocycles. The van der Waals surface area contributed by atoms with E-state index in [1.165, 1.54) is 12.0 Å². The molecule has 3 rings (SSSR count). The van der Waals surface area contributed by atoms with E-state index in [2.05, 4.69) is 58.0 Å². The average Bonchev–Trinajstić information content (AvgIpc) is 3.04. The average molecular weight is 244 g/mol. The van der Waals surface area contributed by atoms with Crippen LogP contribution >= 0.6 is 0 Å². The Hall–Kier alpha value is -0.795. The predicted octanol–water partition coefficient (Wildman–Crippen LogP) is 3.64. The van der Waals surface area contributed by atoms with Gasteiger partial charge < -0.3 is 9.31 Å². The summed E-state index contributed by atoms with van der Waals surface area (Å²) in [5.41, 5.74) is 1.00. The number of benzene rings is 1. The van der Waals surface area contributed by atoms with Gasteiger partial charge in [-0.2, -0.15) is 0 Å². The molecule has 0 amide bonds. The largest absolute Gasteiger partial charge is 0.461 e. The van der Waals surface area contributed by atoms with Gasteiger partial charge in [0.2, 0.25) is 0 Å². The van der Waals surface area contributed by atoms with Gasteiger partial charge in [-0.25, -0.2) is 0 Å².